The summed E-state index contributed by atoms with van der Waals surface area (Å²) in [6.45, 7) is 4.47. The Labute approximate surface area is 149 Å². The summed E-state index contributed by atoms with van der Waals surface area (Å²) in [7, 11) is 0. The van der Waals surface area contributed by atoms with Gasteiger partial charge in [0, 0.05) is 56.6 Å². The summed E-state index contributed by atoms with van der Waals surface area (Å²) in [5.41, 5.74) is 2.33. The van der Waals surface area contributed by atoms with Crippen LogP contribution in [0.2, 0.25) is 0 Å². The number of amides is 2. The number of nitrogens with zero attached hydrogens (tertiary/aromatic N) is 2. The first-order valence-electron chi connectivity index (χ1n) is 9.23. The van der Waals surface area contributed by atoms with Crippen LogP contribution < -0.4 is 0 Å². The van der Waals surface area contributed by atoms with E-state index in [2.05, 4.69) is 17.1 Å². The van der Waals surface area contributed by atoms with Crippen LogP contribution >= 0.6 is 0 Å². The second kappa shape index (κ2) is 8.19. The molecule has 0 radical (unpaired) electrons. The Bertz CT molecular complexity index is 731. The Morgan fingerprint density at radius 3 is 2.64 bits per heavy atom. The van der Waals surface area contributed by atoms with Crippen LogP contribution in [-0.4, -0.2) is 52.8 Å². The van der Waals surface area contributed by atoms with Crippen molar-refractivity contribution in [1.82, 2.24) is 14.8 Å². The number of aromatic nitrogens is 1. The SMILES string of the molecule is CC(=O)N(CCC(=O)N1CCCCC1)CCc1c[nH]c2ccccc12. The van der Waals surface area contributed by atoms with E-state index in [-0.39, 0.29) is 11.8 Å². The van der Waals surface area contributed by atoms with E-state index in [1.165, 1.54) is 17.4 Å². The van der Waals surface area contributed by atoms with Gasteiger partial charge < -0.3 is 14.8 Å². The van der Waals surface area contributed by atoms with Crippen molar-refractivity contribution in [1.29, 1.82) is 0 Å². The van der Waals surface area contributed by atoms with E-state index >= 15 is 0 Å². The standard InChI is InChI=1S/C20H27N3O2/c1-16(24)22(14-10-20(25)23-11-5-2-6-12-23)13-9-17-15-21-19-8-4-3-7-18(17)19/h3-4,7-8,15,21H,2,5-6,9-14H2,1H3. The Morgan fingerprint density at radius 2 is 1.88 bits per heavy atom. The van der Waals surface area contributed by atoms with Crippen molar-refractivity contribution in [3.63, 3.8) is 0 Å². The summed E-state index contributed by atoms with van der Waals surface area (Å²) in [6, 6.07) is 8.19. The first-order valence-corrected chi connectivity index (χ1v) is 9.23. The highest BCUT2D eigenvalue weighted by Gasteiger charge is 2.18. The molecule has 5 nitrogen and oxygen atoms in total. The van der Waals surface area contributed by atoms with Gasteiger partial charge in [-0.2, -0.15) is 0 Å². The molecule has 1 aliphatic heterocycles. The minimum atomic E-state index is 0.0336. The van der Waals surface area contributed by atoms with Gasteiger partial charge in [-0.3, -0.25) is 9.59 Å². The molecule has 1 saturated heterocycles. The van der Waals surface area contributed by atoms with Gasteiger partial charge in [0.25, 0.3) is 0 Å². The van der Waals surface area contributed by atoms with Crippen LogP contribution in [0.4, 0.5) is 0 Å². The van der Waals surface area contributed by atoms with Crippen LogP contribution in [0.15, 0.2) is 30.5 Å². The molecule has 1 fully saturated rings. The quantitative estimate of drug-likeness (QED) is 0.878. The second-order valence-corrected chi connectivity index (χ2v) is 6.81. The lowest BCUT2D eigenvalue weighted by molar-refractivity contribution is -0.134. The van der Waals surface area contributed by atoms with Gasteiger partial charge in [0.2, 0.25) is 11.8 Å². The molecule has 1 aromatic carbocycles. The predicted octanol–water partition coefficient (Wildman–Crippen LogP) is 2.96. The highest BCUT2D eigenvalue weighted by molar-refractivity contribution is 5.83. The van der Waals surface area contributed by atoms with Gasteiger partial charge in [-0.1, -0.05) is 18.2 Å². The summed E-state index contributed by atoms with van der Waals surface area (Å²) in [5.74, 6) is 0.212. The molecule has 25 heavy (non-hydrogen) atoms. The van der Waals surface area contributed by atoms with Gasteiger partial charge >= 0.3 is 0 Å². The third-order valence-electron chi connectivity index (χ3n) is 5.08. The maximum absolute atomic E-state index is 12.3. The molecule has 1 aliphatic rings. The van der Waals surface area contributed by atoms with Crippen LogP contribution in [0.3, 0.4) is 0 Å². The number of aromatic amines is 1. The fraction of sp³-hybridized carbons (Fsp3) is 0.500. The topological polar surface area (TPSA) is 56.4 Å². The number of rotatable bonds is 6. The molecule has 5 heteroatoms. The van der Waals surface area contributed by atoms with Gasteiger partial charge in [-0.05, 0) is 37.3 Å². The number of fused-ring (bicyclic) bond motifs is 1. The summed E-state index contributed by atoms with van der Waals surface area (Å²) < 4.78 is 0. The molecule has 3 rings (SSSR count). The van der Waals surface area contributed by atoms with Gasteiger partial charge in [0.05, 0.1) is 0 Å². The first kappa shape index (κ1) is 17.5. The van der Waals surface area contributed by atoms with E-state index in [4.69, 9.17) is 0 Å². The highest BCUT2D eigenvalue weighted by Crippen LogP contribution is 2.18. The lowest BCUT2D eigenvalue weighted by Gasteiger charge is -2.28. The Kier molecular flexibility index (Phi) is 5.74. The van der Waals surface area contributed by atoms with Crippen molar-refractivity contribution in [2.24, 2.45) is 0 Å². The molecular weight excluding hydrogens is 314 g/mol. The van der Waals surface area contributed by atoms with Crippen molar-refractivity contribution >= 4 is 22.7 Å². The average molecular weight is 341 g/mol. The molecule has 0 bridgehead atoms. The Balaban J connectivity index is 1.54. The minimum Gasteiger partial charge on any atom is -0.361 e. The molecule has 134 valence electrons. The van der Waals surface area contributed by atoms with Crippen molar-refractivity contribution in [2.75, 3.05) is 26.2 Å². The highest BCUT2D eigenvalue weighted by atomic mass is 16.2. The summed E-state index contributed by atoms with van der Waals surface area (Å²) in [4.78, 5) is 31.3. The molecular formula is C20H27N3O2. The van der Waals surface area contributed by atoms with Crippen LogP contribution in [0.1, 0.15) is 38.2 Å². The zero-order valence-corrected chi connectivity index (χ0v) is 15.0. The normalized spacial score (nSPS) is 14.7. The van der Waals surface area contributed by atoms with Crippen LogP contribution in [-0.2, 0) is 16.0 Å². The molecule has 2 aromatic rings. The lowest BCUT2D eigenvalue weighted by atomic mass is 10.1. The fourth-order valence-corrected chi connectivity index (χ4v) is 3.55. The van der Waals surface area contributed by atoms with E-state index in [1.807, 2.05) is 23.2 Å². The van der Waals surface area contributed by atoms with Crippen LogP contribution in [0.25, 0.3) is 10.9 Å². The molecule has 0 spiro atoms. The summed E-state index contributed by atoms with van der Waals surface area (Å²) in [6.07, 6.45) is 6.65. The molecule has 1 aromatic heterocycles. The van der Waals surface area contributed by atoms with Crippen LogP contribution in [0, 0.1) is 0 Å². The van der Waals surface area contributed by atoms with Crippen LogP contribution in [0.5, 0.6) is 0 Å². The smallest absolute Gasteiger partial charge is 0.224 e. The van der Waals surface area contributed by atoms with Crippen molar-refractivity contribution < 1.29 is 9.59 Å². The number of H-pyrrole nitrogens is 1. The number of hydrogen-bond donors (Lipinski definition) is 1. The maximum Gasteiger partial charge on any atom is 0.224 e. The predicted molar refractivity (Wildman–Crippen MR) is 99.3 cm³/mol. The number of hydrogen-bond acceptors (Lipinski definition) is 2. The van der Waals surface area contributed by atoms with Gasteiger partial charge in [-0.25, -0.2) is 0 Å². The largest absolute Gasteiger partial charge is 0.361 e. The fourth-order valence-electron chi connectivity index (χ4n) is 3.55. The Morgan fingerprint density at radius 1 is 1.12 bits per heavy atom. The number of piperidine rings is 1. The molecule has 2 heterocycles. The van der Waals surface area contributed by atoms with E-state index < -0.39 is 0 Å². The molecule has 0 unspecified atom stereocenters. The van der Waals surface area contributed by atoms with Crippen molar-refractivity contribution in [3.8, 4) is 0 Å². The number of likely N-dealkylation sites (tertiary alicyclic amines) is 1. The van der Waals surface area contributed by atoms with E-state index in [0.717, 1.165) is 37.9 Å². The van der Waals surface area contributed by atoms with Crippen molar-refractivity contribution in [3.05, 3.63) is 36.0 Å². The molecule has 2 amide bonds. The summed E-state index contributed by atoms with van der Waals surface area (Å²) >= 11 is 0. The van der Waals surface area contributed by atoms with Gasteiger partial charge in [0.1, 0.15) is 0 Å². The van der Waals surface area contributed by atoms with Crippen molar-refractivity contribution in [2.45, 2.75) is 39.0 Å². The van der Waals surface area contributed by atoms with Gasteiger partial charge in [0.15, 0.2) is 0 Å². The van der Waals surface area contributed by atoms with Gasteiger partial charge in [-0.15, -0.1) is 0 Å². The molecule has 0 saturated carbocycles. The number of benzene rings is 1. The lowest BCUT2D eigenvalue weighted by Crippen LogP contribution is -2.39. The first-order chi connectivity index (χ1) is 12.1. The Hall–Kier alpha value is -2.30. The van der Waals surface area contributed by atoms with E-state index in [9.17, 15) is 9.59 Å². The average Bonchev–Trinajstić information content (AvgIpc) is 3.05. The second-order valence-electron chi connectivity index (χ2n) is 6.81. The molecule has 0 atom stereocenters. The maximum atomic E-state index is 12.3. The number of carbonyl (C=O) groups is 2. The zero-order chi connectivity index (χ0) is 17.6. The third kappa shape index (κ3) is 4.41. The van der Waals surface area contributed by atoms with E-state index in [1.54, 1.807) is 11.8 Å². The number of carbonyl (C=O) groups excluding carboxylic acids is 2. The molecule has 1 N–H and O–H groups in total. The zero-order valence-electron chi connectivity index (χ0n) is 15.0. The molecule has 0 aliphatic carbocycles. The number of nitrogens with one attached hydrogen (secondary N) is 1. The monoisotopic (exact) mass is 341 g/mol. The third-order valence-corrected chi connectivity index (χ3v) is 5.08. The minimum absolute atomic E-state index is 0.0336. The summed E-state index contributed by atoms with van der Waals surface area (Å²) in [5, 5.41) is 1.20. The number of para-hydroxylation sites is 1. The van der Waals surface area contributed by atoms with E-state index in [0.29, 0.717) is 19.5 Å².